The lowest BCUT2D eigenvalue weighted by molar-refractivity contribution is 0.0697. The van der Waals surface area contributed by atoms with E-state index in [1.807, 2.05) is 96.8 Å². The van der Waals surface area contributed by atoms with Crippen molar-refractivity contribution in [3.63, 3.8) is 0 Å². The molecule has 3 heterocycles. The largest absolute Gasteiger partial charge is 0.478 e. The molecule has 2 N–H and O–H groups in total. The molecule has 6 rings (SSSR count). The second-order valence-electron chi connectivity index (χ2n) is 9.49. The Labute approximate surface area is 236 Å². The van der Waals surface area contributed by atoms with Crippen LogP contribution in [0.3, 0.4) is 0 Å². The Morgan fingerprint density at radius 3 is 2.40 bits per heavy atom. The SMILES string of the molecule is Cc1ccc(Oc2ccc(N3C(=S)NC(c4ccccn4)C3c3ccc(-c4cccc(C(=O)O)c4)o3)cc2)cc1. The molecule has 0 amide bonds. The van der Waals surface area contributed by atoms with Crippen molar-refractivity contribution in [1.82, 2.24) is 10.3 Å². The molecule has 3 aromatic carbocycles. The molecule has 2 atom stereocenters. The molecule has 0 saturated carbocycles. The topological polar surface area (TPSA) is 87.8 Å². The standard InChI is InChI=1S/C32H25N3O4S/c1-20-8-12-24(13-9-20)38-25-14-10-23(11-15-25)35-30(29(34-32(35)40)26-7-2-3-18-33-26)28-17-16-27(39-28)21-5-4-6-22(19-21)31(36)37/h2-19,29-30H,1H3,(H,34,40)(H,36,37). The van der Waals surface area contributed by atoms with E-state index in [1.54, 1.807) is 24.4 Å². The summed E-state index contributed by atoms with van der Waals surface area (Å²) in [6.45, 7) is 2.04. The van der Waals surface area contributed by atoms with Crippen LogP contribution in [0.25, 0.3) is 11.3 Å². The second-order valence-corrected chi connectivity index (χ2v) is 9.88. The van der Waals surface area contributed by atoms with E-state index in [0.717, 1.165) is 17.1 Å². The zero-order valence-electron chi connectivity index (χ0n) is 21.5. The van der Waals surface area contributed by atoms with Crippen molar-refractivity contribution in [2.24, 2.45) is 0 Å². The monoisotopic (exact) mass is 547 g/mol. The number of pyridine rings is 1. The lowest BCUT2D eigenvalue weighted by Gasteiger charge is -2.26. The average Bonchev–Trinajstić information content (AvgIpc) is 3.60. The van der Waals surface area contributed by atoms with E-state index in [0.29, 0.717) is 27.9 Å². The minimum absolute atomic E-state index is 0.195. The molecule has 7 nitrogen and oxygen atoms in total. The lowest BCUT2D eigenvalue weighted by atomic mass is 10.0. The number of aryl methyl sites for hydroxylation is 1. The number of benzene rings is 3. The summed E-state index contributed by atoms with van der Waals surface area (Å²) in [5.41, 5.74) is 3.73. The van der Waals surface area contributed by atoms with Gasteiger partial charge in [-0.3, -0.25) is 4.98 Å². The van der Waals surface area contributed by atoms with Gasteiger partial charge >= 0.3 is 5.97 Å². The second kappa shape index (κ2) is 10.7. The van der Waals surface area contributed by atoms with Crippen molar-refractivity contribution in [2.75, 3.05) is 4.90 Å². The van der Waals surface area contributed by atoms with Gasteiger partial charge in [-0.05, 0) is 91.9 Å². The molecule has 1 saturated heterocycles. The highest BCUT2D eigenvalue weighted by molar-refractivity contribution is 7.80. The summed E-state index contributed by atoms with van der Waals surface area (Å²) in [6, 6.07) is 31.2. The maximum absolute atomic E-state index is 11.5. The van der Waals surface area contributed by atoms with Crippen molar-refractivity contribution in [1.29, 1.82) is 0 Å². The summed E-state index contributed by atoms with van der Waals surface area (Å²) in [5, 5.41) is 13.4. The zero-order chi connectivity index (χ0) is 27.6. The van der Waals surface area contributed by atoms with Gasteiger partial charge in [0, 0.05) is 17.4 Å². The maximum Gasteiger partial charge on any atom is 0.335 e. The Kier molecular flexibility index (Phi) is 6.76. The minimum Gasteiger partial charge on any atom is -0.478 e. The van der Waals surface area contributed by atoms with Gasteiger partial charge < -0.3 is 24.5 Å². The molecule has 0 spiro atoms. The first kappa shape index (κ1) is 25.3. The Morgan fingerprint density at radius 2 is 1.70 bits per heavy atom. The summed E-state index contributed by atoms with van der Waals surface area (Å²) < 4.78 is 12.4. The van der Waals surface area contributed by atoms with Crippen LogP contribution in [0.1, 0.15) is 39.5 Å². The molecule has 8 heteroatoms. The highest BCUT2D eigenvalue weighted by Gasteiger charge is 2.42. The van der Waals surface area contributed by atoms with Crippen LogP contribution in [0.15, 0.2) is 114 Å². The summed E-state index contributed by atoms with van der Waals surface area (Å²) >= 11 is 5.82. The Balaban J connectivity index is 1.35. The fourth-order valence-electron chi connectivity index (χ4n) is 4.81. The molecule has 1 aliphatic heterocycles. The summed E-state index contributed by atoms with van der Waals surface area (Å²) in [6.07, 6.45) is 1.75. The number of hydrogen-bond acceptors (Lipinski definition) is 5. The molecule has 0 aliphatic carbocycles. The third kappa shape index (κ3) is 5.04. The number of aromatic nitrogens is 1. The molecule has 2 unspecified atom stereocenters. The first-order chi connectivity index (χ1) is 19.5. The number of nitrogens with one attached hydrogen (secondary N) is 1. The van der Waals surface area contributed by atoms with Crippen molar-refractivity contribution in [2.45, 2.75) is 19.0 Å². The third-order valence-corrected chi connectivity index (χ3v) is 7.10. The molecule has 40 heavy (non-hydrogen) atoms. The number of furan rings is 1. The van der Waals surface area contributed by atoms with Crippen LogP contribution in [0.4, 0.5) is 5.69 Å². The highest BCUT2D eigenvalue weighted by atomic mass is 32.1. The smallest absolute Gasteiger partial charge is 0.335 e. The van der Waals surface area contributed by atoms with E-state index in [9.17, 15) is 9.90 Å². The number of thiocarbonyl (C=S) groups is 1. The lowest BCUT2D eigenvalue weighted by Crippen LogP contribution is -2.29. The van der Waals surface area contributed by atoms with Crippen molar-refractivity contribution in [3.8, 4) is 22.8 Å². The predicted octanol–water partition coefficient (Wildman–Crippen LogP) is 7.32. The molecule has 0 radical (unpaired) electrons. The van der Waals surface area contributed by atoms with Crippen LogP contribution < -0.4 is 15.0 Å². The first-order valence-corrected chi connectivity index (χ1v) is 13.2. The number of anilines is 1. The zero-order valence-corrected chi connectivity index (χ0v) is 22.3. The van der Waals surface area contributed by atoms with Gasteiger partial charge in [0.05, 0.1) is 17.3 Å². The number of carbonyl (C=O) groups is 1. The fourth-order valence-corrected chi connectivity index (χ4v) is 5.16. The quantitative estimate of drug-likeness (QED) is 0.205. The Bertz CT molecular complexity index is 1670. The van der Waals surface area contributed by atoms with Gasteiger partial charge in [0.15, 0.2) is 5.11 Å². The fraction of sp³-hybridized carbons (Fsp3) is 0.0938. The van der Waals surface area contributed by atoms with Gasteiger partial charge in [0.2, 0.25) is 0 Å². The van der Waals surface area contributed by atoms with Crippen molar-refractivity contribution >= 4 is 29.0 Å². The number of carboxylic acid groups (broad SMARTS) is 1. The van der Waals surface area contributed by atoms with Gasteiger partial charge in [-0.2, -0.15) is 0 Å². The van der Waals surface area contributed by atoms with Crippen molar-refractivity contribution < 1.29 is 19.1 Å². The maximum atomic E-state index is 11.5. The van der Waals surface area contributed by atoms with E-state index in [-0.39, 0.29) is 17.6 Å². The molecule has 1 aliphatic rings. The molecule has 5 aromatic rings. The summed E-state index contributed by atoms with van der Waals surface area (Å²) in [4.78, 5) is 18.1. The van der Waals surface area contributed by atoms with E-state index in [4.69, 9.17) is 21.4 Å². The molecule has 198 valence electrons. The van der Waals surface area contributed by atoms with Crippen LogP contribution in [0.5, 0.6) is 11.5 Å². The first-order valence-electron chi connectivity index (χ1n) is 12.7. The van der Waals surface area contributed by atoms with E-state index in [2.05, 4.69) is 10.3 Å². The minimum atomic E-state index is -0.991. The molecule has 1 fully saturated rings. The van der Waals surface area contributed by atoms with E-state index in [1.165, 1.54) is 5.56 Å². The predicted molar refractivity (Wildman–Crippen MR) is 157 cm³/mol. The molecular weight excluding hydrogens is 522 g/mol. The van der Waals surface area contributed by atoms with Crippen LogP contribution in [0, 0.1) is 6.92 Å². The van der Waals surface area contributed by atoms with Gasteiger partial charge in [-0.25, -0.2) is 4.79 Å². The van der Waals surface area contributed by atoms with Gasteiger partial charge in [-0.1, -0.05) is 35.9 Å². The number of carboxylic acids is 1. The van der Waals surface area contributed by atoms with Crippen LogP contribution in [0.2, 0.25) is 0 Å². The summed E-state index contributed by atoms with van der Waals surface area (Å²) in [5.74, 6) is 1.72. The number of rotatable bonds is 7. The van der Waals surface area contributed by atoms with Gasteiger partial charge in [0.25, 0.3) is 0 Å². The highest BCUT2D eigenvalue weighted by Crippen LogP contribution is 2.43. The Hall–Kier alpha value is -4.95. The normalized spacial score (nSPS) is 16.5. The van der Waals surface area contributed by atoms with Crippen LogP contribution in [-0.4, -0.2) is 21.2 Å². The molecule has 0 bridgehead atoms. The van der Waals surface area contributed by atoms with E-state index < -0.39 is 5.97 Å². The number of hydrogen-bond donors (Lipinski definition) is 2. The average molecular weight is 548 g/mol. The van der Waals surface area contributed by atoms with Crippen LogP contribution in [-0.2, 0) is 0 Å². The van der Waals surface area contributed by atoms with Crippen molar-refractivity contribution in [3.05, 3.63) is 132 Å². The number of aromatic carboxylic acids is 1. The Morgan fingerprint density at radius 1 is 0.950 bits per heavy atom. The van der Waals surface area contributed by atoms with Gasteiger partial charge in [-0.15, -0.1) is 0 Å². The molecule has 2 aromatic heterocycles. The molecular formula is C32H25N3O4S. The van der Waals surface area contributed by atoms with Crippen LogP contribution >= 0.6 is 12.2 Å². The van der Waals surface area contributed by atoms with Gasteiger partial charge in [0.1, 0.15) is 29.1 Å². The third-order valence-electron chi connectivity index (χ3n) is 6.78. The summed E-state index contributed by atoms with van der Waals surface area (Å²) in [7, 11) is 0. The number of nitrogens with zero attached hydrogens (tertiary/aromatic N) is 2. The number of ether oxygens (including phenoxy) is 1. The van der Waals surface area contributed by atoms with E-state index >= 15 is 0 Å².